The average Bonchev–Trinajstić information content (AvgIpc) is 2.15. The van der Waals surface area contributed by atoms with Gasteiger partial charge in [0.2, 0.25) is 5.37 Å². The second kappa shape index (κ2) is 4.74. The number of rotatable bonds is 3. The van der Waals surface area contributed by atoms with Gasteiger partial charge in [-0.1, -0.05) is 33.8 Å². The smallest absolute Gasteiger partial charge is 0.245 e. The van der Waals surface area contributed by atoms with E-state index in [1.807, 2.05) is 32.9 Å². The summed E-state index contributed by atoms with van der Waals surface area (Å²) in [5.74, 6) is 0. The maximum absolute atomic E-state index is 11.3. The Hall–Kier alpha value is -0.940. The van der Waals surface area contributed by atoms with Crippen LogP contribution in [0.3, 0.4) is 0 Å². The molecule has 0 radical (unpaired) electrons. The first-order valence-electron chi connectivity index (χ1n) is 5.63. The van der Waals surface area contributed by atoms with E-state index in [4.69, 9.17) is 0 Å². The highest BCUT2D eigenvalue weighted by molar-refractivity contribution is 7.85. The number of hydrogen-bond acceptors (Lipinski definition) is 3. The molecule has 0 amide bonds. The molecule has 1 heterocycles. The molecule has 0 saturated carbocycles. The van der Waals surface area contributed by atoms with E-state index in [0.29, 0.717) is 0 Å². The summed E-state index contributed by atoms with van der Waals surface area (Å²) in [5.41, 5.74) is 0.630. The van der Waals surface area contributed by atoms with Gasteiger partial charge in [0, 0.05) is 24.0 Å². The molecule has 0 aromatic carbocycles. The first-order valence-corrected chi connectivity index (χ1v) is 7.10. The van der Waals surface area contributed by atoms with Gasteiger partial charge in [0.15, 0.2) is 22.0 Å². The Labute approximate surface area is 103 Å². The summed E-state index contributed by atoms with van der Waals surface area (Å²) in [7, 11) is -4.34. The third-order valence-electron chi connectivity index (χ3n) is 2.65. The van der Waals surface area contributed by atoms with Crippen molar-refractivity contribution in [2.45, 2.75) is 44.9 Å². The molecule has 0 aliphatic heterocycles. The Bertz CT molecular complexity index is 489. The van der Waals surface area contributed by atoms with Gasteiger partial charge in [-0.05, 0) is 0 Å². The van der Waals surface area contributed by atoms with E-state index in [1.54, 1.807) is 23.8 Å². The van der Waals surface area contributed by atoms with Gasteiger partial charge < -0.3 is 4.55 Å². The lowest BCUT2D eigenvalue weighted by Gasteiger charge is -2.22. The first kappa shape index (κ1) is 14.1. The third kappa shape index (κ3) is 3.26. The van der Waals surface area contributed by atoms with E-state index in [0.717, 1.165) is 5.69 Å². The minimum Gasteiger partial charge on any atom is -0.743 e. The summed E-state index contributed by atoms with van der Waals surface area (Å²) in [6.45, 7) is 7.67. The number of hydrogen-bond donors (Lipinski definition) is 0. The summed E-state index contributed by atoms with van der Waals surface area (Å²) in [6.07, 6.45) is 1.92. The van der Waals surface area contributed by atoms with Crippen LogP contribution in [0.15, 0.2) is 24.4 Å². The fourth-order valence-corrected chi connectivity index (χ4v) is 2.75. The van der Waals surface area contributed by atoms with Gasteiger partial charge in [0.05, 0.1) is 0 Å². The summed E-state index contributed by atoms with van der Waals surface area (Å²) in [6, 6.07) is 5.44. The monoisotopic (exact) mass is 257 g/mol. The minimum atomic E-state index is -4.34. The van der Waals surface area contributed by atoms with Gasteiger partial charge in [-0.15, -0.1) is 0 Å². The van der Waals surface area contributed by atoms with Crippen molar-refractivity contribution in [3.05, 3.63) is 30.1 Å². The quantitative estimate of drug-likeness (QED) is 0.612. The molecule has 96 valence electrons. The van der Waals surface area contributed by atoms with Crippen LogP contribution in [0.4, 0.5) is 0 Å². The summed E-state index contributed by atoms with van der Waals surface area (Å²) in [5, 5.41) is -1.03. The topological polar surface area (TPSA) is 61.1 Å². The molecule has 1 aromatic rings. The molecule has 0 aliphatic carbocycles. The Morgan fingerprint density at radius 2 is 1.94 bits per heavy atom. The highest BCUT2D eigenvalue weighted by atomic mass is 32.2. The molecular weight excluding hydrogens is 238 g/mol. The fraction of sp³-hybridized carbons (Fsp3) is 0.583. The van der Waals surface area contributed by atoms with Gasteiger partial charge >= 0.3 is 0 Å². The van der Waals surface area contributed by atoms with Crippen molar-refractivity contribution in [2.24, 2.45) is 0 Å². The SMILES string of the molecule is CCC([n+]1ccccc1C(C)(C)C)S(=O)(=O)[O-]. The molecule has 1 rings (SSSR count). The van der Waals surface area contributed by atoms with Crippen LogP contribution in [0.25, 0.3) is 0 Å². The molecule has 0 N–H and O–H groups in total. The molecule has 4 nitrogen and oxygen atoms in total. The molecule has 1 unspecified atom stereocenters. The predicted octanol–water partition coefficient (Wildman–Crippen LogP) is 1.73. The lowest BCUT2D eigenvalue weighted by atomic mass is 9.91. The Balaban J connectivity index is 3.41. The van der Waals surface area contributed by atoms with E-state index in [1.165, 1.54) is 0 Å². The van der Waals surface area contributed by atoms with Crippen LogP contribution in [-0.2, 0) is 15.5 Å². The minimum absolute atomic E-state index is 0.209. The van der Waals surface area contributed by atoms with Gasteiger partial charge in [-0.2, -0.15) is 4.57 Å². The number of nitrogens with zero attached hydrogens (tertiary/aromatic N) is 1. The molecule has 0 aliphatic rings. The van der Waals surface area contributed by atoms with Gasteiger partial charge in [0.25, 0.3) is 0 Å². The lowest BCUT2D eigenvalue weighted by molar-refractivity contribution is -0.712. The molecule has 0 saturated heterocycles. The van der Waals surface area contributed by atoms with Crippen molar-refractivity contribution >= 4 is 10.1 Å². The third-order valence-corrected chi connectivity index (χ3v) is 3.88. The molecular formula is C12H19NO3S. The van der Waals surface area contributed by atoms with E-state index in [-0.39, 0.29) is 11.8 Å². The molecule has 5 heteroatoms. The van der Waals surface area contributed by atoms with E-state index >= 15 is 0 Å². The van der Waals surface area contributed by atoms with Crippen LogP contribution in [-0.4, -0.2) is 13.0 Å². The Kier molecular flexibility index (Phi) is 3.94. The molecule has 0 spiro atoms. The van der Waals surface area contributed by atoms with Crippen LogP contribution >= 0.6 is 0 Å². The zero-order chi connectivity index (χ0) is 13.3. The molecule has 1 atom stereocenters. The van der Waals surface area contributed by atoms with Crippen LogP contribution in [0.2, 0.25) is 0 Å². The van der Waals surface area contributed by atoms with Crippen molar-refractivity contribution in [1.29, 1.82) is 0 Å². The first-order chi connectivity index (χ1) is 7.68. The van der Waals surface area contributed by atoms with Crippen molar-refractivity contribution in [2.75, 3.05) is 0 Å². The second-order valence-corrected chi connectivity index (χ2v) is 6.63. The maximum Gasteiger partial charge on any atom is 0.245 e. The maximum atomic E-state index is 11.3. The highest BCUT2D eigenvalue weighted by Gasteiger charge is 2.32. The van der Waals surface area contributed by atoms with Crippen molar-refractivity contribution in [1.82, 2.24) is 0 Å². The zero-order valence-electron chi connectivity index (χ0n) is 10.7. The Morgan fingerprint density at radius 1 is 1.35 bits per heavy atom. The van der Waals surface area contributed by atoms with E-state index in [2.05, 4.69) is 0 Å². The van der Waals surface area contributed by atoms with Crippen molar-refractivity contribution in [3.63, 3.8) is 0 Å². The molecule has 0 bridgehead atoms. The normalized spacial score (nSPS) is 14.6. The number of aromatic nitrogens is 1. The van der Waals surface area contributed by atoms with Crippen LogP contribution in [0.5, 0.6) is 0 Å². The van der Waals surface area contributed by atoms with Crippen LogP contribution in [0, 0.1) is 0 Å². The molecule has 0 fully saturated rings. The van der Waals surface area contributed by atoms with Crippen molar-refractivity contribution in [3.8, 4) is 0 Å². The summed E-state index contributed by atoms with van der Waals surface area (Å²) < 4.78 is 35.4. The molecule has 1 aromatic heterocycles. The zero-order valence-corrected chi connectivity index (χ0v) is 11.5. The van der Waals surface area contributed by atoms with E-state index in [9.17, 15) is 13.0 Å². The fourth-order valence-electron chi connectivity index (χ4n) is 1.88. The van der Waals surface area contributed by atoms with Gasteiger partial charge in [-0.25, -0.2) is 8.42 Å². The molecule has 17 heavy (non-hydrogen) atoms. The highest BCUT2D eigenvalue weighted by Crippen LogP contribution is 2.21. The average molecular weight is 257 g/mol. The van der Waals surface area contributed by atoms with Crippen molar-refractivity contribution < 1.29 is 17.5 Å². The predicted molar refractivity (Wildman–Crippen MR) is 64.4 cm³/mol. The second-order valence-electron chi connectivity index (χ2n) is 5.10. The number of pyridine rings is 1. The van der Waals surface area contributed by atoms with Gasteiger partial charge in [-0.3, -0.25) is 0 Å². The van der Waals surface area contributed by atoms with Crippen LogP contribution < -0.4 is 4.57 Å². The summed E-state index contributed by atoms with van der Waals surface area (Å²) in [4.78, 5) is 0. The van der Waals surface area contributed by atoms with Gasteiger partial charge in [0.1, 0.15) is 0 Å². The largest absolute Gasteiger partial charge is 0.743 e. The Morgan fingerprint density at radius 3 is 2.35 bits per heavy atom. The summed E-state index contributed by atoms with van der Waals surface area (Å²) >= 11 is 0. The van der Waals surface area contributed by atoms with Crippen LogP contribution in [0.1, 0.15) is 45.2 Å². The lowest BCUT2D eigenvalue weighted by Crippen LogP contribution is -2.49. The standard InChI is InChI=1S/C12H19NO3S/c1-5-11(17(14,15)16)13-9-7-6-8-10(13)12(2,3)4/h6-9,11H,5H2,1-4H3. The van der Waals surface area contributed by atoms with E-state index < -0.39 is 15.5 Å².